The number of rotatable bonds is 7. The third-order valence-corrected chi connectivity index (χ3v) is 3.43. The van der Waals surface area contributed by atoms with Gasteiger partial charge in [0.2, 0.25) is 5.91 Å². The van der Waals surface area contributed by atoms with E-state index in [4.69, 9.17) is 0 Å². The van der Waals surface area contributed by atoms with E-state index < -0.39 is 6.61 Å². The molecule has 0 saturated heterocycles. The zero-order valence-corrected chi connectivity index (χ0v) is 13.6. The summed E-state index contributed by atoms with van der Waals surface area (Å²) in [6, 6.07) is 14.6. The average molecular weight is 348 g/mol. The van der Waals surface area contributed by atoms with Gasteiger partial charge in [-0.1, -0.05) is 30.3 Å². The molecule has 0 saturated carbocycles. The monoisotopic (exact) mass is 348 g/mol. The molecule has 0 radical (unpaired) electrons. The molecule has 0 aliphatic carbocycles. The molecular formula is C18H18F2N2O3. The highest BCUT2D eigenvalue weighted by atomic mass is 19.3. The van der Waals surface area contributed by atoms with Gasteiger partial charge in [-0.3, -0.25) is 9.59 Å². The fraction of sp³-hybridized carbons (Fsp3) is 0.222. The number of alkyl halides is 2. The second-order valence-corrected chi connectivity index (χ2v) is 5.32. The first kappa shape index (κ1) is 18.4. The molecule has 7 heteroatoms. The van der Waals surface area contributed by atoms with E-state index in [1.165, 1.54) is 17.0 Å². The largest absolute Gasteiger partial charge is 0.435 e. The van der Waals surface area contributed by atoms with Gasteiger partial charge in [-0.15, -0.1) is 0 Å². The number of benzene rings is 2. The molecule has 0 aromatic heterocycles. The Balaban J connectivity index is 1.82. The molecule has 0 aliphatic heterocycles. The third-order valence-electron chi connectivity index (χ3n) is 3.43. The van der Waals surface area contributed by atoms with Crippen molar-refractivity contribution in [2.45, 2.75) is 13.2 Å². The molecule has 0 aliphatic rings. The summed E-state index contributed by atoms with van der Waals surface area (Å²) in [4.78, 5) is 25.4. The van der Waals surface area contributed by atoms with Gasteiger partial charge in [0, 0.05) is 19.2 Å². The Morgan fingerprint density at radius 1 is 1.08 bits per heavy atom. The smallest absolute Gasteiger partial charge is 0.387 e. The van der Waals surface area contributed by atoms with Gasteiger partial charge in [0.05, 0.1) is 6.54 Å². The SMILES string of the molecule is CN(Cc1ccc(OC(F)F)cc1)C(=O)CNC(=O)c1ccccc1. The molecule has 1 N–H and O–H groups in total. The minimum Gasteiger partial charge on any atom is -0.435 e. The van der Waals surface area contributed by atoms with E-state index in [2.05, 4.69) is 10.1 Å². The van der Waals surface area contributed by atoms with Gasteiger partial charge in [0.1, 0.15) is 5.75 Å². The van der Waals surface area contributed by atoms with Crippen LogP contribution in [-0.4, -0.2) is 36.9 Å². The van der Waals surface area contributed by atoms with Gasteiger partial charge in [-0.05, 0) is 29.8 Å². The van der Waals surface area contributed by atoms with Crippen LogP contribution in [0.2, 0.25) is 0 Å². The minimum absolute atomic E-state index is 0.0582. The standard InChI is InChI=1S/C18H18F2N2O3/c1-22(12-13-7-9-15(10-8-13)25-18(19)20)16(23)11-21-17(24)14-5-3-2-4-6-14/h2-10,18H,11-12H2,1H3,(H,21,24). The van der Waals surface area contributed by atoms with Gasteiger partial charge >= 0.3 is 6.61 Å². The Bertz CT molecular complexity index is 706. The number of likely N-dealkylation sites (N-methyl/N-ethyl adjacent to an activating group) is 1. The van der Waals surface area contributed by atoms with Crippen molar-refractivity contribution < 1.29 is 23.1 Å². The lowest BCUT2D eigenvalue weighted by atomic mass is 10.2. The van der Waals surface area contributed by atoms with Crippen LogP contribution in [0.1, 0.15) is 15.9 Å². The highest BCUT2D eigenvalue weighted by molar-refractivity contribution is 5.96. The van der Waals surface area contributed by atoms with Crippen LogP contribution < -0.4 is 10.1 Å². The molecule has 2 aromatic carbocycles. The molecule has 0 heterocycles. The molecule has 0 spiro atoms. The van der Waals surface area contributed by atoms with Crippen molar-refractivity contribution in [1.29, 1.82) is 0 Å². The number of amides is 2. The molecule has 0 atom stereocenters. The fourth-order valence-electron chi connectivity index (χ4n) is 2.12. The van der Waals surface area contributed by atoms with E-state index in [1.807, 2.05) is 0 Å². The number of ether oxygens (including phenoxy) is 1. The maximum atomic E-state index is 12.1. The maximum Gasteiger partial charge on any atom is 0.387 e. The number of nitrogens with zero attached hydrogens (tertiary/aromatic N) is 1. The number of halogens is 2. The number of carbonyl (C=O) groups is 2. The molecule has 132 valence electrons. The summed E-state index contributed by atoms with van der Waals surface area (Å²) in [5, 5.41) is 2.56. The van der Waals surface area contributed by atoms with Crippen LogP contribution in [0, 0.1) is 0 Å². The molecule has 0 fully saturated rings. The average Bonchev–Trinajstić information content (AvgIpc) is 2.61. The molecule has 2 amide bonds. The van der Waals surface area contributed by atoms with Crippen molar-refractivity contribution in [3.05, 3.63) is 65.7 Å². The molecule has 5 nitrogen and oxygen atoms in total. The van der Waals surface area contributed by atoms with Gasteiger partial charge in [0.15, 0.2) is 0 Å². The number of carbonyl (C=O) groups excluding carboxylic acids is 2. The second kappa shape index (κ2) is 8.77. The van der Waals surface area contributed by atoms with Gasteiger partial charge < -0.3 is 15.0 Å². The van der Waals surface area contributed by atoms with Gasteiger partial charge in [-0.2, -0.15) is 8.78 Å². The lowest BCUT2D eigenvalue weighted by Crippen LogP contribution is -2.37. The Labute approximate surface area is 144 Å². The van der Waals surface area contributed by atoms with Crippen LogP contribution in [-0.2, 0) is 11.3 Å². The number of hydrogen-bond acceptors (Lipinski definition) is 3. The Hall–Kier alpha value is -2.96. The first-order chi connectivity index (χ1) is 12.0. The quantitative estimate of drug-likeness (QED) is 0.837. The topological polar surface area (TPSA) is 58.6 Å². The normalized spacial score (nSPS) is 10.4. The second-order valence-electron chi connectivity index (χ2n) is 5.32. The number of nitrogens with one attached hydrogen (secondary N) is 1. The summed E-state index contributed by atoms with van der Waals surface area (Å²) in [6.45, 7) is -2.71. The molecule has 0 unspecified atom stereocenters. The van der Waals surface area contributed by atoms with Crippen LogP contribution >= 0.6 is 0 Å². The van der Waals surface area contributed by atoms with E-state index in [0.29, 0.717) is 5.56 Å². The lowest BCUT2D eigenvalue weighted by molar-refractivity contribution is -0.129. The van der Waals surface area contributed by atoms with Crippen LogP contribution in [0.5, 0.6) is 5.75 Å². The molecule has 2 aromatic rings. The van der Waals surface area contributed by atoms with E-state index in [1.54, 1.807) is 49.5 Å². The molecule has 25 heavy (non-hydrogen) atoms. The summed E-state index contributed by atoms with van der Waals surface area (Å²) in [5.74, 6) is -0.532. The van der Waals surface area contributed by atoms with Gasteiger partial charge in [-0.25, -0.2) is 0 Å². The van der Waals surface area contributed by atoms with E-state index in [0.717, 1.165) is 5.56 Å². The van der Waals surface area contributed by atoms with Crippen molar-refractivity contribution in [3.8, 4) is 5.75 Å². The first-order valence-corrected chi connectivity index (χ1v) is 7.56. The van der Waals surface area contributed by atoms with E-state index >= 15 is 0 Å². The Morgan fingerprint density at radius 2 is 1.72 bits per heavy atom. The molecule has 0 bridgehead atoms. The maximum absolute atomic E-state index is 12.1. The predicted molar refractivity (Wildman–Crippen MR) is 88.3 cm³/mol. The zero-order chi connectivity index (χ0) is 18.2. The Kier molecular flexibility index (Phi) is 6.45. The first-order valence-electron chi connectivity index (χ1n) is 7.56. The third kappa shape index (κ3) is 5.87. The van der Waals surface area contributed by atoms with Crippen LogP contribution in [0.25, 0.3) is 0 Å². The van der Waals surface area contributed by atoms with Crippen molar-refractivity contribution in [3.63, 3.8) is 0 Å². The summed E-state index contributed by atoms with van der Waals surface area (Å²) >= 11 is 0. The molecular weight excluding hydrogens is 330 g/mol. The van der Waals surface area contributed by atoms with Crippen molar-refractivity contribution in [1.82, 2.24) is 10.2 Å². The summed E-state index contributed by atoms with van der Waals surface area (Å²) in [5.41, 5.74) is 1.24. The summed E-state index contributed by atoms with van der Waals surface area (Å²) in [7, 11) is 1.60. The van der Waals surface area contributed by atoms with Crippen molar-refractivity contribution in [2.24, 2.45) is 0 Å². The lowest BCUT2D eigenvalue weighted by Gasteiger charge is -2.18. The van der Waals surface area contributed by atoms with Crippen LogP contribution in [0.15, 0.2) is 54.6 Å². The zero-order valence-electron chi connectivity index (χ0n) is 13.6. The van der Waals surface area contributed by atoms with Crippen molar-refractivity contribution >= 4 is 11.8 Å². The highest BCUT2D eigenvalue weighted by Crippen LogP contribution is 2.15. The number of hydrogen-bond donors (Lipinski definition) is 1. The summed E-state index contributed by atoms with van der Waals surface area (Å²) in [6.07, 6.45) is 0. The Morgan fingerprint density at radius 3 is 2.32 bits per heavy atom. The van der Waals surface area contributed by atoms with Crippen LogP contribution in [0.4, 0.5) is 8.78 Å². The van der Waals surface area contributed by atoms with Crippen molar-refractivity contribution in [2.75, 3.05) is 13.6 Å². The highest BCUT2D eigenvalue weighted by Gasteiger charge is 2.12. The van der Waals surface area contributed by atoms with Gasteiger partial charge in [0.25, 0.3) is 5.91 Å². The van der Waals surface area contributed by atoms with E-state index in [9.17, 15) is 18.4 Å². The van der Waals surface area contributed by atoms with E-state index in [-0.39, 0.29) is 30.7 Å². The van der Waals surface area contributed by atoms with Crippen LogP contribution in [0.3, 0.4) is 0 Å². The molecule has 2 rings (SSSR count). The predicted octanol–water partition coefficient (Wildman–Crippen LogP) is 2.68. The fourth-order valence-corrected chi connectivity index (χ4v) is 2.12. The summed E-state index contributed by atoms with van der Waals surface area (Å²) < 4.78 is 28.5. The minimum atomic E-state index is -2.87.